The normalized spacial score (nSPS) is 9.60. The molecule has 1 heterocycles. The van der Waals surface area contributed by atoms with Gasteiger partial charge in [-0.05, 0) is 24.3 Å². The van der Waals surface area contributed by atoms with E-state index in [1.165, 1.54) is 31.5 Å². The molecule has 0 radical (unpaired) electrons. The van der Waals surface area contributed by atoms with E-state index in [9.17, 15) is 4.79 Å². The summed E-state index contributed by atoms with van der Waals surface area (Å²) >= 11 is 0. The highest BCUT2D eigenvalue weighted by Gasteiger charge is 2.09. The van der Waals surface area contributed by atoms with Crippen LogP contribution in [0, 0.1) is 11.3 Å². The Hall–Kier alpha value is -3.07. The van der Waals surface area contributed by atoms with E-state index in [1.54, 1.807) is 12.1 Å². The smallest absolute Gasteiger partial charge is 0.338 e. The molecule has 0 unspecified atom stereocenters. The second kappa shape index (κ2) is 5.71. The molecular formula is C14H11N3O3. The Morgan fingerprint density at radius 1 is 1.35 bits per heavy atom. The molecule has 1 aromatic heterocycles. The van der Waals surface area contributed by atoms with Gasteiger partial charge < -0.3 is 15.2 Å². The Bertz CT molecular complexity index is 692. The summed E-state index contributed by atoms with van der Waals surface area (Å²) in [6, 6.07) is 9.59. The zero-order valence-corrected chi connectivity index (χ0v) is 10.7. The van der Waals surface area contributed by atoms with Crippen LogP contribution in [0.5, 0.6) is 11.6 Å². The van der Waals surface area contributed by atoms with Gasteiger partial charge in [0.1, 0.15) is 0 Å². The van der Waals surface area contributed by atoms with Crippen LogP contribution in [0.2, 0.25) is 0 Å². The molecule has 1 aromatic carbocycles. The summed E-state index contributed by atoms with van der Waals surface area (Å²) in [7, 11) is 1.29. The minimum Gasteiger partial charge on any atom is -0.465 e. The van der Waals surface area contributed by atoms with Gasteiger partial charge in [-0.2, -0.15) is 5.26 Å². The maximum absolute atomic E-state index is 11.4. The van der Waals surface area contributed by atoms with Gasteiger partial charge in [-0.3, -0.25) is 0 Å². The summed E-state index contributed by atoms with van der Waals surface area (Å²) in [5.41, 5.74) is 6.85. The highest BCUT2D eigenvalue weighted by Crippen LogP contribution is 2.27. The third-order valence-electron chi connectivity index (χ3n) is 2.51. The van der Waals surface area contributed by atoms with E-state index in [0.29, 0.717) is 22.6 Å². The lowest BCUT2D eigenvalue weighted by atomic mass is 10.2. The number of pyridine rings is 1. The first-order valence-electron chi connectivity index (χ1n) is 5.66. The molecule has 0 atom stereocenters. The lowest BCUT2D eigenvalue weighted by Crippen LogP contribution is -2.02. The molecule has 2 N–H and O–H groups in total. The minimum absolute atomic E-state index is 0.212. The van der Waals surface area contributed by atoms with Crippen molar-refractivity contribution in [1.82, 2.24) is 4.98 Å². The lowest BCUT2D eigenvalue weighted by Gasteiger charge is -2.08. The number of hydrogen-bond acceptors (Lipinski definition) is 6. The lowest BCUT2D eigenvalue weighted by molar-refractivity contribution is 0.0600. The molecule has 2 rings (SSSR count). The quantitative estimate of drug-likeness (QED) is 0.676. The fraction of sp³-hybridized carbons (Fsp3) is 0.0714. The van der Waals surface area contributed by atoms with Crippen molar-refractivity contribution in [2.45, 2.75) is 0 Å². The van der Waals surface area contributed by atoms with Crippen LogP contribution in [-0.4, -0.2) is 18.1 Å². The average molecular weight is 269 g/mol. The maximum atomic E-state index is 11.4. The van der Waals surface area contributed by atoms with Gasteiger partial charge in [-0.15, -0.1) is 0 Å². The van der Waals surface area contributed by atoms with Gasteiger partial charge in [-0.1, -0.05) is 0 Å². The van der Waals surface area contributed by atoms with Gasteiger partial charge in [0, 0.05) is 12.3 Å². The fourth-order valence-electron chi connectivity index (χ4n) is 1.53. The number of aromatic nitrogens is 1. The van der Waals surface area contributed by atoms with Gasteiger partial charge in [0.2, 0.25) is 5.88 Å². The van der Waals surface area contributed by atoms with Crippen molar-refractivity contribution in [3.63, 3.8) is 0 Å². The van der Waals surface area contributed by atoms with Crippen molar-refractivity contribution in [2.75, 3.05) is 12.8 Å². The molecule has 0 saturated heterocycles. The number of esters is 1. The number of nitrogens with zero attached hydrogens (tertiary/aromatic N) is 2. The third-order valence-corrected chi connectivity index (χ3v) is 2.51. The molecule has 0 fully saturated rings. The average Bonchev–Trinajstić information content (AvgIpc) is 2.48. The number of nitrogens with two attached hydrogens (primary N) is 1. The van der Waals surface area contributed by atoms with Gasteiger partial charge in [-0.25, -0.2) is 9.78 Å². The first-order valence-corrected chi connectivity index (χ1v) is 5.66. The van der Waals surface area contributed by atoms with E-state index >= 15 is 0 Å². The highest BCUT2D eigenvalue weighted by molar-refractivity contribution is 5.89. The van der Waals surface area contributed by atoms with Crippen LogP contribution >= 0.6 is 0 Å². The molecular weight excluding hydrogens is 258 g/mol. The zero-order valence-electron chi connectivity index (χ0n) is 10.7. The first-order chi connectivity index (χ1) is 9.63. The summed E-state index contributed by atoms with van der Waals surface area (Å²) < 4.78 is 10.1. The van der Waals surface area contributed by atoms with Crippen LogP contribution < -0.4 is 10.5 Å². The van der Waals surface area contributed by atoms with E-state index in [-0.39, 0.29) is 5.88 Å². The second-order valence-corrected chi connectivity index (χ2v) is 3.84. The number of nitriles is 1. The molecule has 0 aliphatic rings. The number of benzene rings is 1. The predicted octanol–water partition coefficient (Wildman–Crippen LogP) is 2.11. The van der Waals surface area contributed by atoms with Crippen molar-refractivity contribution in [3.8, 4) is 17.7 Å². The van der Waals surface area contributed by atoms with Crippen LogP contribution in [0.4, 0.5) is 5.69 Å². The molecule has 0 saturated carbocycles. The van der Waals surface area contributed by atoms with E-state index in [2.05, 4.69) is 9.72 Å². The number of ether oxygens (including phenoxy) is 2. The molecule has 0 amide bonds. The van der Waals surface area contributed by atoms with E-state index < -0.39 is 5.97 Å². The van der Waals surface area contributed by atoms with E-state index in [4.69, 9.17) is 15.7 Å². The number of methoxy groups -OCH3 is 1. The number of nitrogen functional groups attached to an aromatic ring is 1. The second-order valence-electron chi connectivity index (χ2n) is 3.84. The largest absolute Gasteiger partial charge is 0.465 e. The minimum atomic E-state index is -0.481. The summed E-state index contributed by atoms with van der Waals surface area (Å²) in [5.74, 6) is 0.0906. The number of anilines is 1. The van der Waals surface area contributed by atoms with Crippen LogP contribution in [0.3, 0.4) is 0 Å². The number of carbonyl (C=O) groups excluding carboxylic acids is 1. The standard InChI is InChI=1S/C14H11N3O3/c1-19-14(18)10-4-5-17-13(7-10)20-12-3-2-9(8-15)6-11(12)16/h2-7H,16H2,1H3. The molecule has 6 nitrogen and oxygen atoms in total. The Labute approximate surface area is 115 Å². The molecule has 0 spiro atoms. The first kappa shape index (κ1) is 13.4. The predicted molar refractivity (Wildman–Crippen MR) is 71.2 cm³/mol. The van der Waals surface area contributed by atoms with Crippen molar-refractivity contribution in [2.24, 2.45) is 0 Å². The van der Waals surface area contributed by atoms with Crippen molar-refractivity contribution in [1.29, 1.82) is 5.26 Å². The van der Waals surface area contributed by atoms with Crippen LogP contribution in [-0.2, 0) is 4.74 Å². The maximum Gasteiger partial charge on any atom is 0.338 e. The number of rotatable bonds is 3. The van der Waals surface area contributed by atoms with Gasteiger partial charge >= 0.3 is 5.97 Å². The Morgan fingerprint density at radius 2 is 2.15 bits per heavy atom. The van der Waals surface area contributed by atoms with Gasteiger partial charge in [0.05, 0.1) is 30.0 Å². The Kier molecular flexibility index (Phi) is 3.82. The molecule has 6 heteroatoms. The molecule has 100 valence electrons. The van der Waals surface area contributed by atoms with Crippen LogP contribution in [0.1, 0.15) is 15.9 Å². The number of carbonyl (C=O) groups is 1. The third kappa shape index (κ3) is 2.84. The van der Waals surface area contributed by atoms with Crippen LogP contribution in [0.15, 0.2) is 36.5 Å². The Morgan fingerprint density at radius 3 is 2.80 bits per heavy atom. The molecule has 0 bridgehead atoms. The summed E-state index contributed by atoms with van der Waals surface area (Å²) in [6.45, 7) is 0. The topological polar surface area (TPSA) is 98.2 Å². The SMILES string of the molecule is COC(=O)c1ccnc(Oc2ccc(C#N)cc2N)c1. The molecule has 0 aliphatic carbocycles. The van der Waals surface area contributed by atoms with Crippen molar-refractivity contribution in [3.05, 3.63) is 47.7 Å². The van der Waals surface area contributed by atoms with Crippen molar-refractivity contribution >= 4 is 11.7 Å². The fourth-order valence-corrected chi connectivity index (χ4v) is 1.53. The molecule has 2 aromatic rings. The molecule has 0 aliphatic heterocycles. The monoisotopic (exact) mass is 269 g/mol. The van der Waals surface area contributed by atoms with Gasteiger partial charge in [0.15, 0.2) is 5.75 Å². The Balaban J connectivity index is 2.26. The van der Waals surface area contributed by atoms with E-state index in [1.807, 2.05) is 6.07 Å². The van der Waals surface area contributed by atoms with Crippen molar-refractivity contribution < 1.29 is 14.3 Å². The van der Waals surface area contributed by atoms with Crippen LogP contribution in [0.25, 0.3) is 0 Å². The number of hydrogen-bond donors (Lipinski definition) is 1. The highest BCUT2D eigenvalue weighted by atomic mass is 16.5. The summed E-state index contributed by atoms with van der Waals surface area (Å²) in [4.78, 5) is 15.4. The van der Waals surface area contributed by atoms with E-state index in [0.717, 1.165) is 0 Å². The zero-order chi connectivity index (χ0) is 14.5. The summed E-state index contributed by atoms with van der Waals surface area (Å²) in [6.07, 6.45) is 1.43. The molecule has 20 heavy (non-hydrogen) atoms. The van der Waals surface area contributed by atoms with Gasteiger partial charge in [0.25, 0.3) is 0 Å². The summed E-state index contributed by atoms with van der Waals surface area (Å²) in [5, 5.41) is 8.76.